The van der Waals surface area contributed by atoms with Gasteiger partial charge in [-0.25, -0.2) is 4.98 Å². The Labute approximate surface area is 97.7 Å². The summed E-state index contributed by atoms with van der Waals surface area (Å²) in [6.45, 7) is 1.58. The Bertz CT molecular complexity index is 631. The quantitative estimate of drug-likeness (QED) is 0.721. The Morgan fingerprint density at radius 1 is 1.41 bits per heavy atom. The van der Waals surface area contributed by atoms with Crippen molar-refractivity contribution < 1.29 is 9.53 Å². The van der Waals surface area contributed by atoms with Gasteiger partial charge in [-0.05, 0) is 19.1 Å². The summed E-state index contributed by atoms with van der Waals surface area (Å²) in [6.07, 6.45) is 0. The maximum Gasteiger partial charge on any atom is 0.325 e. The van der Waals surface area contributed by atoms with E-state index in [0.717, 1.165) is 0 Å². The Hall–Kier alpha value is -2.17. The van der Waals surface area contributed by atoms with Crippen molar-refractivity contribution in [2.45, 2.75) is 13.5 Å². The van der Waals surface area contributed by atoms with Gasteiger partial charge < -0.3 is 4.74 Å². The number of hydrogen-bond acceptors (Lipinski definition) is 4. The number of para-hydroxylation sites is 1. The third kappa shape index (κ3) is 2.04. The Morgan fingerprint density at radius 3 is 2.82 bits per heavy atom. The van der Waals surface area contributed by atoms with E-state index in [1.165, 1.54) is 11.7 Å². The van der Waals surface area contributed by atoms with E-state index < -0.39 is 5.97 Å². The van der Waals surface area contributed by atoms with Crippen molar-refractivity contribution in [3.05, 3.63) is 40.4 Å². The number of aryl methyl sites for hydroxylation is 1. The maximum absolute atomic E-state index is 12.1. The van der Waals surface area contributed by atoms with Gasteiger partial charge in [0.1, 0.15) is 12.4 Å². The van der Waals surface area contributed by atoms with Crippen LogP contribution in [0.1, 0.15) is 5.82 Å². The summed E-state index contributed by atoms with van der Waals surface area (Å²) >= 11 is 0. The summed E-state index contributed by atoms with van der Waals surface area (Å²) in [6, 6.07) is 7.05. The number of fused-ring (bicyclic) bond motifs is 1. The Morgan fingerprint density at radius 2 is 2.12 bits per heavy atom. The molecule has 0 saturated carbocycles. The summed E-state index contributed by atoms with van der Waals surface area (Å²) in [7, 11) is 1.29. The lowest BCUT2D eigenvalue weighted by Crippen LogP contribution is -2.27. The van der Waals surface area contributed by atoms with Crippen molar-refractivity contribution in [2.75, 3.05) is 7.11 Å². The highest BCUT2D eigenvalue weighted by Gasteiger charge is 2.10. The van der Waals surface area contributed by atoms with Crippen molar-refractivity contribution >= 4 is 16.9 Å². The highest BCUT2D eigenvalue weighted by Crippen LogP contribution is 2.07. The zero-order chi connectivity index (χ0) is 12.4. The van der Waals surface area contributed by atoms with Crippen LogP contribution in [0.25, 0.3) is 10.9 Å². The minimum Gasteiger partial charge on any atom is -0.468 e. The number of ether oxygens (including phenoxy) is 1. The average molecular weight is 232 g/mol. The van der Waals surface area contributed by atoms with Crippen LogP contribution in [0.5, 0.6) is 0 Å². The molecule has 0 fully saturated rings. The highest BCUT2D eigenvalue weighted by molar-refractivity contribution is 5.78. The van der Waals surface area contributed by atoms with Crippen molar-refractivity contribution in [1.29, 1.82) is 0 Å². The molecule has 2 aromatic rings. The smallest absolute Gasteiger partial charge is 0.325 e. The summed E-state index contributed by atoms with van der Waals surface area (Å²) in [4.78, 5) is 27.6. The Balaban J connectivity index is 2.64. The number of esters is 1. The van der Waals surface area contributed by atoms with Gasteiger partial charge in [0.2, 0.25) is 0 Å². The van der Waals surface area contributed by atoms with Crippen LogP contribution < -0.4 is 5.56 Å². The molecule has 0 spiro atoms. The minimum atomic E-state index is -0.465. The molecule has 1 aromatic carbocycles. The molecule has 0 atom stereocenters. The zero-order valence-corrected chi connectivity index (χ0v) is 9.64. The van der Waals surface area contributed by atoms with E-state index in [-0.39, 0.29) is 12.1 Å². The number of carbonyl (C=O) groups excluding carboxylic acids is 1. The summed E-state index contributed by atoms with van der Waals surface area (Å²) in [5, 5.41) is 0.502. The van der Waals surface area contributed by atoms with Crippen LogP contribution in [0.2, 0.25) is 0 Å². The second-order valence-corrected chi connectivity index (χ2v) is 3.64. The van der Waals surface area contributed by atoms with Crippen molar-refractivity contribution in [2.24, 2.45) is 0 Å². The minimum absolute atomic E-state index is 0.112. The highest BCUT2D eigenvalue weighted by atomic mass is 16.5. The molecule has 2 rings (SSSR count). The van der Waals surface area contributed by atoms with Crippen molar-refractivity contribution in [1.82, 2.24) is 9.55 Å². The van der Waals surface area contributed by atoms with E-state index in [0.29, 0.717) is 16.7 Å². The molecule has 5 nitrogen and oxygen atoms in total. The fourth-order valence-electron chi connectivity index (χ4n) is 1.66. The van der Waals surface area contributed by atoms with E-state index in [1.54, 1.807) is 25.1 Å². The van der Waals surface area contributed by atoms with Gasteiger partial charge in [-0.15, -0.1) is 0 Å². The number of carbonyl (C=O) groups is 1. The van der Waals surface area contributed by atoms with E-state index in [4.69, 9.17) is 0 Å². The fraction of sp³-hybridized carbons (Fsp3) is 0.250. The lowest BCUT2D eigenvalue weighted by molar-refractivity contribution is -0.141. The van der Waals surface area contributed by atoms with E-state index in [9.17, 15) is 9.59 Å². The summed E-state index contributed by atoms with van der Waals surface area (Å²) in [5.74, 6) is 0.0337. The van der Waals surface area contributed by atoms with Crippen molar-refractivity contribution in [3.63, 3.8) is 0 Å². The summed E-state index contributed by atoms with van der Waals surface area (Å²) < 4.78 is 5.86. The molecule has 0 aliphatic rings. The van der Waals surface area contributed by atoms with Crippen LogP contribution in [0, 0.1) is 6.92 Å². The van der Waals surface area contributed by atoms with Gasteiger partial charge in [0, 0.05) is 0 Å². The molecular weight excluding hydrogens is 220 g/mol. The van der Waals surface area contributed by atoms with Gasteiger partial charge >= 0.3 is 5.97 Å². The fourth-order valence-corrected chi connectivity index (χ4v) is 1.66. The maximum atomic E-state index is 12.1. The molecule has 1 heterocycles. The van der Waals surface area contributed by atoms with Gasteiger partial charge in [-0.1, -0.05) is 12.1 Å². The standard InChI is InChI=1S/C12H12N2O3/c1-8-13-10-6-4-3-5-9(10)12(16)14(8)7-11(15)17-2/h3-6H,7H2,1-2H3. The predicted molar refractivity (Wildman–Crippen MR) is 62.8 cm³/mol. The molecule has 5 heteroatoms. The molecule has 0 bridgehead atoms. The SMILES string of the molecule is COC(=O)Cn1c(C)nc2ccccc2c1=O. The van der Waals surface area contributed by atoms with Crippen LogP contribution in [0.3, 0.4) is 0 Å². The Kier molecular flexibility index (Phi) is 2.91. The second-order valence-electron chi connectivity index (χ2n) is 3.64. The first-order valence-electron chi connectivity index (χ1n) is 5.16. The molecule has 0 unspecified atom stereocenters. The van der Waals surface area contributed by atoms with Crippen LogP contribution in [0.15, 0.2) is 29.1 Å². The lowest BCUT2D eigenvalue weighted by atomic mass is 10.2. The molecule has 0 saturated heterocycles. The topological polar surface area (TPSA) is 61.2 Å². The van der Waals surface area contributed by atoms with E-state index in [2.05, 4.69) is 9.72 Å². The molecule has 17 heavy (non-hydrogen) atoms. The third-order valence-corrected chi connectivity index (χ3v) is 2.57. The number of hydrogen-bond donors (Lipinski definition) is 0. The average Bonchev–Trinajstić information content (AvgIpc) is 2.34. The predicted octanol–water partition coefficient (Wildman–Crippen LogP) is 0.878. The number of benzene rings is 1. The first-order chi connectivity index (χ1) is 8.13. The van der Waals surface area contributed by atoms with E-state index in [1.807, 2.05) is 6.07 Å². The molecule has 0 aliphatic heterocycles. The molecular formula is C12H12N2O3. The molecule has 1 aromatic heterocycles. The molecule has 0 aliphatic carbocycles. The van der Waals surface area contributed by atoms with Gasteiger partial charge in [0.05, 0.1) is 18.0 Å². The normalized spacial score (nSPS) is 10.5. The van der Waals surface area contributed by atoms with Gasteiger partial charge in [0.25, 0.3) is 5.56 Å². The van der Waals surface area contributed by atoms with Gasteiger partial charge in [-0.3, -0.25) is 14.2 Å². The molecule has 0 amide bonds. The monoisotopic (exact) mass is 232 g/mol. The third-order valence-electron chi connectivity index (χ3n) is 2.57. The van der Waals surface area contributed by atoms with Gasteiger partial charge in [-0.2, -0.15) is 0 Å². The number of aromatic nitrogens is 2. The lowest BCUT2D eigenvalue weighted by Gasteiger charge is -2.08. The number of nitrogens with zero attached hydrogens (tertiary/aromatic N) is 2. The van der Waals surface area contributed by atoms with Crippen LogP contribution in [-0.2, 0) is 16.1 Å². The zero-order valence-electron chi connectivity index (χ0n) is 9.64. The molecule has 88 valence electrons. The van der Waals surface area contributed by atoms with Gasteiger partial charge in [0.15, 0.2) is 0 Å². The molecule has 0 N–H and O–H groups in total. The largest absolute Gasteiger partial charge is 0.468 e. The van der Waals surface area contributed by atoms with Crippen LogP contribution >= 0.6 is 0 Å². The van der Waals surface area contributed by atoms with Crippen molar-refractivity contribution in [3.8, 4) is 0 Å². The van der Waals surface area contributed by atoms with E-state index >= 15 is 0 Å². The number of rotatable bonds is 2. The van der Waals surface area contributed by atoms with Crippen LogP contribution in [-0.4, -0.2) is 22.6 Å². The second kappa shape index (κ2) is 4.37. The number of methoxy groups -OCH3 is 1. The first-order valence-corrected chi connectivity index (χ1v) is 5.16. The summed E-state index contributed by atoms with van der Waals surface area (Å²) in [5.41, 5.74) is 0.412. The molecule has 0 radical (unpaired) electrons. The van der Waals surface area contributed by atoms with Crippen LogP contribution in [0.4, 0.5) is 0 Å². The first kappa shape index (κ1) is 11.3.